The van der Waals surface area contributed by atoms with E-state index in [0.717, 1.165) is 0 Å². The van der Waals surface area contributed by atoms with Gasteiger partial charge in [0, 0.05) is 13.2 Å². The fraction of sp³-hybridized carbons (Fsp3) is 0.500. The minimum atomic E-state index is -0.711. The SMILES string of the molecule is CCOc1ccccc1NC(=O)C(=O)NCCCOC(C)C. The highest BCUT2D eigenvalue weighted by molar-refractivity contribution is 6.39. The van der Waals surface area contributed by atoms with E-state index < -0.39 is 11.8 Å². The van der Waals surface area contributed by atoms with E-state index in [1.807, 2.05) is 20.8 Å². The van der Waals surface area contributed by atoms with Crippen molar-refractivity contribution in [1.82, 2.24) is 5.32 Å². The van der Waals surface area contributed by atoms with Gasteiger partial charge < -0.3 is 20.1 Å². The van der Waals surface area contributed by atoms with E-state index >= 15 is 0 Å². The molecule has 122 valence electrons. The molecule has 0 aromatic heterocycles. The molecule has 2 N–H and O–H groups in total. The van der Waals surface area contributed by atoms with Crippen LogP contribution in [0.15, 0.2) is 24.3 Å². The first-order chi connectivity index (χ1) is 10.5. The average Bonchev–Trinajstić information content (AvgIpc) is 2.48. The zero-order valence-electron chi connectivity index (χ0n) is 13.3. The van der Waals surface area contributed by atoms with Crippen LogP contribution in [0, 0.1) is 0 Å². The van der Waals surface area contributed by atoms with Crippen molar-refractivity contribution < 1.29 is 19.1 Å². The molecule has 0 aliphatic heterocycles. The Morgan fingerprint density at radius 1 is 1.18 bits per heavy atom. The van der Waals surface area contributed by atoms with E-state index in [0.29, 0.717) is 37.6 Å². The second kappa shape index (κ2) is 9.78. The van der Waals surface area contributed by atoms with Crippen molar-refractivity contribution in [3.05, 3.63) is 24.3 Å². The number of ether oxygens (including phenoxy) is 2. The fourth-order valence-electron chi connectivity index (χ4n) is 1.70. The van der Waals surface area contributed by atoms with Crippen LogP contribution in [0.1, 0.15) is 27.2 Å². The van der Waals surface area contributed by atoms with Gasteiger partial charge in [0.2, 0.25) is 0 Å². The Morgan fingerprint density at radius 2 is 1.91 bits per heavy atom. The lowest BCUT2D eigenvalue weighted by Crippen LogP contribution is -2.36. The van der Waals surface area contributed by atoms with Crippen LogP contribution in [0.25, 0.3) is 0 Å². The van der Waals surface area contributed by atoms with Gasteiger partial charge >= 0.3 is 11.8 Å². The molecule has 0 fully saturated rings. The van der Waals surface area contributed by atoms with Gasteiger partial charge in [-0.3, -0.25) is 9.59 Å². The average molecular weight is 308 g/mol. The lowest BCUT2D eigenvalue weighted by Gasteiger charge is -2.11. The molecule has 2 amide bonds. The quantitative estimate of drug-likeness (QED) is 0.568. The van der Waals surface area contributed by atoms with Gasteiger partial charge in [-0.2, -0.15) is 0 Å². The van der Waals surface area contributed by atoms with Crippen LogP contribution in [0.4, 0.5) is 5.69 Å². The van der Waals surface area contributed by atoms with Crippen LogP contribution in [-0.4, -0.2) is 37.7 Å². The third-order valence-corrected chi connectivity index (χ3v) is 2.70. The molecule has 1 aromatic carbocycles. The van der Waals surface area contributed by atoms with Gasteiger partial charge in [0.1, 0.15) is 5.75 Å². The Kier molecular flexibility index (Phi) is 7.99. The highest BCUT2D eigenvalue weighted by atomic mass is 16.5. The molecule has 1 aromatic rings. The maximum atomic E-state index is 11.8. The minimum absolute atomic E-state index is 0.161. The molecule has 0 aliphatic rings. The van der Waals surface area contributed by atoms with Crippen molar-refractivity contribution in [2.75, 3.05) is 25.1 Å². The van der Waals surface area contributed by atoms with E-state index in [2.05, 4.69) is 10.6 Å². The maximum absolute atomic E-state index is 11.8. The van der Waals surface area contributed by atoms with Crippen molar-refractivity contribution in [1.29, 1.82) is 0 Å². The minimum Gasteiger partial charge on any atom is -0.492 e. The molecule has 0 radical (unpaired) electrons. The van der Waals surface area contributed by atoms with Gasteiger partial charge in [-0.1, -0.05) is 12.1 Å². The molecular formula is C16H24N2O4. The third-order valence-electron chi connectivity index (χ3n) is 2.70. The lowest BCUT2D eigenvalue weighted by atomic mass is 10.3. The van der Waals surface area contributed by atoms with Crippen molar-refractivity contribution in [2.45, 2.75) is 33.3 Å². The Balaban J connectivity index is 2.40. The topological polar surface area (TPSA) is 76.7 Å². The number of hydrogen-bond donors (Lipinski definition) is 2. The van der Waals surface area contributed by atoms with Gasteiger partial charge in [0.05, 0.1) is 18.4 Å². The van der Waals surface area contributed by atoms with E-state index in [4.69, 9.17) is 9.47 Å². The number of carbonyl (C=O) groups is 2. The first-order valence-electron chi connectivity index (χ1n) is 7.47. The van der Waals surface area contributed by atoms with Crippen molar-refractivity contribution in [3.63, 3.8) is 0 Å². The van der Waals surface area contributed by atoms with Gasteiger partial charge in [-0.15, -0.1) is 0 Å². The Morgan fingerprint density at radius 3 is 2.59 bits per heavy atom. The summed E-state index contributed by atoms with van der Waals surface area (Å²) in [7, 11) is 0. The molecule has 0 saturated heterocycles. The normalized spacial score (nSPS) is 10.4. The zero-order valence-corrected chi connectivity index (χ0v) is 13.3. The Hall–Kier alpha value is -2.08. The van der Waals surface area contributed by atoms with Gasteiger partial charge in [-0.25, -0.2) is 0 Å². The summed E-state index contributed by atoms with van der Waals surface area (Å²) in [6.07, 6.45) is 0.821. The van der Waals surface area contributed by atoms with E-state index in [-0.39, 0.29) is 6.10 Å². The first kappa shape index (κ1) is 18.0. The molecule has 0 bridgehead atoms. The summed E-state index contributed by atoms with van der Waals surface area (Å²) in [4.78, 5) is 23.5. The second-order valence-electron chi connectivity index (χ2n) is 4.91. The van der Waals surface area contributed by atoms with Crippen molar-refractivity contribution in [3.8, 4) is 5.75 Å². The van der Waals surface area contributed by atoms with Crippen LogP contribution in [0.3, 0.4) is 0 Å². The molecule has 6 heteroatoms. The maximum Gasteiger partial charge on any atom is 0.313 e. The largest absolute Gasteiger partial charge is 0.492 e. The van der Waals surface area contributed by atoms with Crippen molar-refractivity contribution in [2.24, 2.45) is 0 Å². The molecule has 22 heavy (non-hydrogen) atoms. The lowest BCUT2D eigenvalue weighted by molar-refractivity contribution is -0.136. The van der Waals surface area contributed by atoms with Gasteiger partial charge in [-0.05, 0) is 39.3 Å². The predicted octanol–water partition coefficient (Wildman–Crippen LogP) is 1.96. The predicted molar refractivity (Wildman–Crippen MR) is 85.0 cm³/mol. The first-order valence-corrected chi connectivity index (χ1v) is 7.47. The molecule has 0 unspecified atom stereocenters. The Labute approximate surface area is 131 Å². The smallest absolute Gasteiger partial charge is 0.313 e. The van der Waals surface area contributed by atoms with Gasteiger partial charge in [0.15, 0.2) is 0 Å². The number of hydrogen-bond acceptors (Lipinski definition) is 4. The number of carbonyl (C=O) groups excluding carboxylic acids is 2. The van der Waals surface area contributed by atoms with Crippen LogP contribution in [0.5, 0.6) is 5.75 Å². The fourth-order valence-corrected chi connectivity index (χ4v) is 1.70. The summed E-state index contributed by atoms with van der Waals surface area (Å²) in [5, 5.41) is 5.10. The summed E-state index contributed by atoms with van der Waals surface area (Å²) in [6.45, 7) is 7.17. The van der Waals surface area contributed by atoms with Crippen LogP contribution in [0.2, 0.25) is 0 Å². The molecule has 0 heterocycles. The van der Waals surface area contributed by atoms with Crippen LogP contribution >= 0.6 is 0 Å². The molecule has 0 spiro atoms. The number of nitrogens with one attached hydrogen (secondary N) is 2. The monoisotopic (exact) mass is 308 g/mol. The highest BCUT2D eigenvalue weighted by Crippen LogP contribution is 2.23. The molecule has 0 aliphatic carbocycles. The van der Waals surface area contributed by atoms with E-state index in [9.17, 15) is 9.59 Å². The number of rotatable bonds is 8. The Bertz CT molecular complexity index is 489. The van der Waals surface area contributed by atoms with Crippen LogP contribution < -0.4 is 15.4 Å². The summed E-state index contributed by atoms with van der Waals surface area (Å²) >= 11 is 0. The summed E-state index contributed by atoms with van der Waals surface area (Å²) < 4.78 is 10.7. The number of anilines is 1. The number of benzene rings is 1. The van der Waals surface area contributed by atoms with Crippen molar-refractivity contribution >= 4 is 17.5 Å². The molecular weight excluding hydrogens is 284 g/mol. The third kappa shape index (κ3) is 6.58. The molecule has 6 nitrogen and oxygen atoms in total. The number of para-hydroxylation sites is 2. The zero-order chi connectivity index (χ0) is 16.4. The summed E-state index contributed by atoms with van der Waals surface area (Å²) in [5.74, 6) is -0.843. The van der Waals surface area contributed by atoms with Gasteiger partial charge in [0.25, 0.3) is 0 Å². The number of amides is 2. The van der Waals surface area contributed by atoms with Crippen LogP contribution in [-0.2, 0) is 14.3 Å². The molecule has 0 saturated carbocycles. The van der Waals surface area contributed by atoms with E-state index in [1.54, 1.807) is 24.3 Å². The summed E-state index contributed by atoms with van der Waals surface area (Å²) in [5.41, 5.74) is 0.479. The standard InChI is InChI=1S/C16H24N2O4/c1-4-21-14-9-6-5-8-13(14)18-16(20)15(19)17-10-7-11-22-12(2)3/h5-6,8-9,12H,4,7,10-11H2,1-3H3,(H,17,19)(H,18,20). The highest BCUT2D eigenvalue weighted by Gasteiger charge is 2.15. The molecule has 0 atom stereocenters. The second-order valence-corrected chi connectivity index (χ2v) is 4.91. The van der Waals surface area contributed by atoms with E-state index in [1.165, 1.54) is 0 Å². The molecule has 1 rings (SSSR count). The summed E-state index contributed by atoms with van der Waals surface area (Å²) in [6, 6.07) is 6.99.